The van der Waals surface area contributed by atoms with Gasteiger partial charge in [-0.25, -0.2) is 0 Å². The summed E-state index contributed by atoms with van der Waals surface area (Å²) in [5.74, 6) is 0. The molecule has 0 aliphatic carbocycles. The lowest BCUT2D eigenvalue weighted by atomic mass is 10.2. The van der Waals surface area contributed by atoms with E-state index in [4.69, 9.17) is 0 Å². The van der Waals surface area contributed by atoms with E-state index in [9.17, 15) is 5.11 Å². The van der Waals surface area contributed by atoms with E-state index in [-0.39, 0.29) is 6.10 Å². The molecule has 0 aromatic carbocycles. The van der Waals surface area contributed by atoms with Gasteiger partial charge in [0.1, 0.15) is 0 Å². The van der Waals surface area contributed by atoms with Crippen LogP contribution < -0.4 is 0 Å². The molecule has 0 bridgehead atoms. The van der Waals surface area contributed by atoms with Crippen LogP contribution in [0.5, 0.6) is 0 Å². The standard InChI is InChI=1S/C16H25N5O/c1-13-9-14(2)21(18-13)10-15-5-3-7-19(15)11-16(22)12-20-8-4-6-17-20/h4,6,8-9,15-16,22H,3,5,7,10-12H2,1-2H3/t15-,16-/m1/s1. The Labute approximate surface area is 131 Å². The number of hydrogen-bond donors (Lipinski definition) is 1. The van der Waals surface area contributed by atoms with Crippen LogP contribution in [0.3, 0.4) is 0 Å². The van der Waals surface area contributed by atoms with Crippen molar-refractivity contribution in [3.63, 3.8) is 0 Å². The first-order valence-electron chi connectivity index (χ1n) is 8.02. The van der Waals surface area contributed by atoms with Crippen LogP contribution >= 0.6 is 0 Å². The second-order valence-electron chi connectivity index (χ2n) is 6.28. The number of rotatable bonds is 6. The maximum atomic E-state index is 10.3. The van der Waals surface area contributed by atoms with Crippen LogP contribution in [-0.2, 0) is 13.1 Å². The van der Waals surface area contributed by atoms with Crippen molar-refractivity contribution < 1.29 is 5.11 Å². The normalized spacial score (nSPS) is 20.6. The molecule has 2 aromatic heterocycles. The molecule has 0 spiro atoms. The Balaban J connectivity index is 1.57. The summed E-state index contributed by atoms with van der Waals surface area (Å²) in [6, 6.07) is 4.46. The van der Waals surface area contributed by atoms with E-state index in [0.29, 0.717) is 19.1 Å². The lowest BCUT2D eigenvalue weighted by molar-refractivity contribution is 0.0845. The van der Waals surface area contributed by atoms with Crippen LogP contribution in [0, 0.1) is 13.8 Å². The van der Waals surface area contributed by atoms with Gasteiger partial charge in [0.25, 0.3) is 0 Å². The van der Waals surface area contributed by atoms with E-state index in [1.165, 1.54) is 18.5 Å². The summed E-state index contributed by atoms with van der Waals surface area (Å²) in [4.78, 5) is 2.39. The van der Waals surface area contributed by atoms with Gasteiger partial charge in [0.2, 0.25) is 0 Å². The lowest BCUT2D eigenvalue weighted by Gasteiger charge is -2.27. The predicted octanol–water partition coefficient (Wildman–Crippen LogP) is 1.22. The molecule has 1 fully saturated rings. The molecule has 2 aromatic rings. The fraction of sp³-hybridized carbons (Fsp3) is 0.625. The molecule has 1 aliphatic heterocycles. The van der Waals surface area contributed by atoms with E-state index >= 15 is 0 Å². The minimum Gasteiger partial charge on any atom is -0.390 e. The monoisotopic (exact) mass is 303 g/mol. The van der Waals surface area contributed by atoms with E-state index in [1.54, 1.807) is 10.9 Å². The van der Waals surface area contributed by atoms with Crippen molar-refractivity contribution in [1.29, 1.82) is 0 Å². The molecule has 3 heterocycles. The van der Waals surface area contributed by atoms with Crippen molar-refractivity contribution in [1.82, 2.24) is 24.5 Å². The molecule has 0 radical (unpaired) electrons. The highest BCUT2D eigenvalue weighted by molar-refractivity contribution is 5.07. The second-order valence-corrected chi connectivity index (χ2v) is 6.28. The number of aryl methyl sites for hydroxylation is 2. The summed E-state index contributed by atoms with van der Waals surface area (Å²) in [5, 5.41) is 19.0. The van der Waals surface area contributed by atoms with Crippen molar-refractivity contribution in [2.24, 2.45) is 0 Å². The van der Waals surface area contributed by atoms with Gasteiger partial charge in [-0.1, -0.05) is 0 Å². The Morgan fingerprint density at radius 3 is 2.91 bits per heavy atom. The smallest absolute Gasteiger partial charge is 0.0862 e. The first-order chi connectivity index (χ1) is 10.6. The molecule has 22 heavy (non-hydrogen) atoms. The maximum Gasteiger partial charge on any atom is 0.0862 e. The highest BCUT2D eigenvalue weighted by atomic mass is 16.3. The Hall–Kier alpha value is -1.66. The third kappa shape index (κ3) is 3.56. The summed E-state index contributed by atoms with van der Waals surface area (Å²) >= 11 is 0. The molecule has 3 rings (SSSR count). The summed E-state index contributed by atoms with van der Waals surface area (Å²) < 4.78 is 3.88. The van der Waals surface area contributed by atoms with Crippen molar-refractivity contribution in [2.45, 2.75) is 51.9 Å². The maximum absolute atomic E-state index is 10.3. The number of aliphatic hydroxyl groups is 1. The zero-order valence-corrected chi connectivity index (χ0v) is 13.4. The average molecular weight is 303 g/mol. The number of aromatic nitrogens is 4. The number of nitrogens with zero attached hydrogens (tertiary/aromatic N) is 5. The van der Waals surface area contributed by atoms with Crippen LogP contribution in [0.15, 0.2) is 24.5 Å². The van der Waals surface area contributed by atoms with E-state index in [1.807, 2.05) is 19.2 Å². The van der Waals surface area contributed by atoms with Gasteiger partial charge in [0, 0.05) is 30.7 Å². The topological polar surface area (TPSA) is 59.1 Å². The largest absolute Gasteiger partial charge is 0.390 e. The Kier molecular flexibility index (Phi) is 4.59. The minimum absolute atomic E-state index is 0.388. The van der Waals surface area contributed by atoms with E-state index < -0.39 is 0 Å². The Bertz CT molecular complexity index is 592. The second kappa shape index (κ2) is 6.62. The van der Waals surface area contributed by atoms with E-state index in [0.717, 1.165) is 18.8 Å². The molecule has 1 saturated heterocycles. The SMILES string of the molecule is Cc1cc(C)n(C[C@H]2CCCN2C[C@@H](O)Cn2cccn2)n1. The number of hydrogen-bond acceptors (Lipinski definition) is 4. The Morgan fingerprint density at radius 2 is 2.23 bits per heavy atom. The third-order valence-corrected chi connectivity index (χ3v) is 4.39. The van der Waals surface area contributed by atoms with Gasteiger partial charge in [-0.05, 0) is 45.4 Å². The number of aliphatic hydroxyl groups excluding tert-OH is 1. The van der Waals surface area contributed by atoms with Crippen LogP contribution in [0.25, 0.3) is 0 Å². The molecular weight excluding hydrogens is 278 g/mol. The highest BCUT2D eigenvalue weighted by Crippen LogP contribution is 2.20. The van der Waals surface area contributed by atoms with Gasteiger partial charge >= 0.3 is 0 Å². The first kappa shape index (κ1) is 15.2. The highest BCUT2D eigenvalue weighted by Gasteiger charge is 2.27. The van der Waals surface area contributed by atoms with Crippen molar-refractivity contribution in [2.75, 3.05) is 13.1 Å². The third-order valence-electron chi connectivity index (χ3n) is 4.39. The zero-order chi connectivity index (χ0) is 15.5. The van der Waals surface area contributed by atoms with E-state index in [2.05, 4.69) is 32.8 Å². The molecule has 0 unspecified atom stereocenters. The predicted molar refractivity (Wildman–Crippen MR) is 84.5 cm³/mol. The summed E-state index contributed by atoms with van der Waals surface area (Å²) in [7, 11) is 0. The fourth-order valence-corrected chi connectivity index (χ4v) is 3.35. The molecule has 2 atom stereocenters. The molecule has 0 amide bonds. The van der Waals surface area contributed by atoms with Gasteiger partial charge in [-0.2, -0.15) is 10.2 Å². The minimum atomic E-state index is -0.388. The molecular formula is C16H25N5O. The lowest BCUT2D eigenvalue weighted by Crippen LogP contribution is -2.40. The molecule has 120 valence electrons. The van der Waals surface area contributed by atoms with Gasteiger partial charge in [0.05, 0.1) is 24.9 Å². The van der Waals surface area contributed by atoms with Crippen LogP contribution in [-0.4, -0.2) is 54.8 Å². The van der Waals surface area contributed by atoms with Gasteiger partial charge in [0.15, 0.2) is 0 Å². The van der Waals surface area contributed by atoms with Crippen LogP contribution in [0.4, 0.5) is 0 Å². The fourth-order valence-electron chi connectivity index (χ4n) is 3.35. The molecule has 0 saturated carbocycles. The van der Waals surface area contributed by atoms with Gasteiger partial charge in [-0.15, -0.1) is 0 Å². The summed E-state index contributed by atoms with van der Waals surface area (Å²) in [6.07, 6.45) is 5.61. The van der Waals surface area contributed by atoms with Crippen LogP contribution in [0.1, 0.15) is 24.2 Å². The first-order valence-corrected chi connectivity index (χ1v) is 8.02. The van der Waals surface area contributed by atoms with Crippen molar-refractivity contribution >= 4 is 0 Å². The summed E-state index contributed by atoms with van der Waals surface area (Å²) in [6.45, 7) is 7.35. The molecule has 1 N–H and O–H groups in total. The molecule has 6 heteroatoms. The van der Waals surface area contributed by atoms with Crippen molar-refractivity contribution in [3.8, 4) is 0 Å². The zero-order valence-electron chi connectivity index (χ0n) is 13.4. The van der Waals surface area contributed by atoms with Gasteiger partial charge in [-0.3, -0.25) is 14.3 Å². The average Bonchev–Trinajstić information content (AvgIpc) is 3.16. The van der Waals surface area contributed by atoms with Crippen LogP contribution in [0.2, 0.25) is 0 Å². The van der Waals surface area contributed by atoms with Gasteiger partial charge < -0.3 is 5.11 Å². The number of β-amino-alcohol motifs (C(OH)–C–C–N with tert-alkyl or cyclic N) is 1. The van der Waals surface area contributed by atoms with Crippen molar-refractivity contribution in [3.05, 3.63) is 35.9 Å². The number of likely N-dealkylation sites (tertiary alicyclic amines) is 1. The quantitative estimate of drug-likeness (QED) is 0.872. The Morgan fingerprint density at radius 1 is 1.36 bits per heavy atom. The molecule has 6 nitrogen and oxygen atoms in total. The summed E-state index contributed by atoms with van der Waals surface area (Å²) in [5.41, 5.74) is 2.28. The molecule has 1 aliphatic rings.